The minimum atomic E-state index is -0.0377. The maximum Gasteiger partial charge on any atom is 0.266 e. The third kappa shape index (κ3) is 2.26. The highest BCUT2D eigenvalue weighted by atomic mass is 16.5. The number of rotatable bonds is 2. The molecule has 0 atom stereocenters. The van der Waals surface area contributed by atoms with Gasteiger partial charge in [-0.15, -0.1) is 0 Å². The van der Waals surface area contributed by atoms with Crippen molar-refractivity contribution in [3.63, 3.8) is 0 Å². The Morgan fingerprint density at radius 2 is 2.05 bits per heavy atom. The van der Waals surface area contributed by atoms with Gasteiger partial charge in [0.15, 0.2) is 0 Å². The van der Waals surface area contributed by atoms with Crippen molar-refractivity contribution in [1.82, 2.24) is 20.1 Å². The van der Waals surface area contributed by atoms with Gasteiger partial charge in [-0.3, -0.25) is 0 Å². The molecule has 0 spiro atoms. The second-order valence-corrected chi connectivity index (χ2v) is 6.11. The third-order valence-corrected chi connectivity index (χ3v) is 3.37. The van der Waals surface area contributed by atoms with E-state index in [2.05, 4.69) is 45.8 Å². The van der Waals surface area contributed by atoms with Crippen LogP contribution in [0.4, 0.5) is 5.95 Å². The number of nitrogens with zero attached hydrogens (tertiary/aromatic N) is 5. The van der Waals surface area contributed by atoms with Gasteiger partial charge in [0.05, 0.1) is 12.2 Å². The lowest BCUT2D eigenvalue weighted by Crippen LogP contribution is -2.17. The average molecular weight is 273 g/mol. The van der Waals surface area contributed by atoms with E-state index in [1.165, 1.54) is 0 Å². The Hall–Kier alpha value is -1.98. The Labute approximate surface area is 118 Å². The molecule has 0 N–H and O–H groups in total. The van der Waals surface area contributed by atoms with E-state index in [1.807, 2.05) is 13.1 Å². The Morgan fingerprint density at radius 1 is 1.25 bits per heavy atom. The first-order chi connectivity index (χ1) is 9.47. The predicted octanol–water partition coefficient (Wildman–Crippen LogP) is 2.24. The van der Waals surface area contributed by atoms with E-state index in [-0.39, 0.29) is 5.41 Å². The summed E-state index contributed by atoms with van der Waals surface area (Å²) in [5, 5.41) is 4.01. The van der Waals surface area contributed by atoms with E-state index in [0.717, 1.165) is 30.0 Å². The Morgan fingerprint density at radius 3 is 2.70 bits per heavy atom. The number of aromatic nitrogens is 4. The van der Waals surface area contributed by atoms with Crippen molar-refractivity contribution in [2.24, 2.45) is 0 Å². The molecule has 3 heterocycles. The lowest BCUT2D eigenvalue weighted by Gasteiger charge is -2.16. The van der Waals surface area contributed by atoms with E-state index < -0.39 is 0 Å². The fraction of sp³-hybridized carbons (Fsp3) is 0.571. The van der Waals surface area contributed by atoms with Crippen LogP contribution in [0, 0.1) is 0 Å². The summed E-state index contributed by atoms with van der Waals surface area (Å²) in [5.41, 5.74) is 2.16. The highest BCUT2D eigenvalue weighted by Gasteiger charge is 2.27. The van der Waals surface area contributed by atoms with Crippen LogP contribution in [0.15, 0.2) is 10.7 Å². The molecular formula is C14H19N5O. The monoisotopic (exact) mass is 273 g/mol. The molecule has 0 aliphatic carbocycles. The minimum Gasteiger partial charge on any atom is -0.337 e. The molecule has 1 aliphatic heterocycles. The largest absolute Gasteiger partial charge is 0.337 e. The van der Waals surface area contributed by atoms with E-state index in [4.69, 9.17) is 4.52 Å². The first kappa shape index (κ1) is 13.0. The van der Waals surface area contributed by atoms with Crippen LogP contribution in [0.5, 0.6) is 0 Å². The lowest BCUT2D eigenvalue weighted by molar-refractivity contribution is 0.381. The molecule has 3 rings (SSSR count). The van der Waals surface area contributed by atoms with Gasteiger partial charge in [0, 0.05) is 30.1 Å². The van der Waals surface area contributed by atoms with Crippen molar-refractivity contribution in [1.29, 1.82) is 0 Å². The molecule has 6 heteroatoms. The summed E-state index contributed by atoms with van der Waals surface area (Å²) in [5.74, 6) is 2.18. The van der Waals surface area contributed by atoms with Crippen LogP contribution in [0.2, 0.25) is 0 Å². The Bertz CT molecular complexity index is 629. The van der Waals surface area contributed by atoms with Gasteiger partial charge in [-0.05, 0) is 5.16 Å². The summed E-state index contributed by atoms with van der Waals surface area (Å²) < 4.78 is 5.16. The van der Waals surface area contributed by atoms with Crippen LogP contribution in [-0.4, -0.2) is 20.1 Å². The molecule has 2 aromatic rings. The van der Waals surface area contributed by atoms with E-state index in [9.17, 15) is 0 Å². The maximum absolute atomic E-state index is 5.16. The van der Waals surface area contributed by atoms with Crippen molar-refractivity contribution in [3.8, 4) is 0 Å². The molecule has 0 radical (unpaired) electrons. The molecule has 1 aliphatic rings. The fourth-order valence-electron chi connectivity index (χ4n) is 2.17. The zero-order valence-corrected chi connectivity index (χ0v) is 12.3. The van der Waals surface area contributed by atoms with Crippen LogP contribution >= 0.6 is 0 Å². The van der Waals surface area contributed by atoms with Crippen LogP contribution in [-0.2, 0) is 24.9 Å². The number of fused-ring (bicyclic) bond motifs is 1. The summed E-state index contributed by atoms with van der Waals surface area (Å²) in [6.45, 7) is 9.81. The number of hydrogen-bond donors (Lipinski definition) is 0. The molecule has 0 saturated carbocycles. The number of anilines is 1. The summed E-state index contributed by atoms with van der Waals surface area (Å²) in [4.78, 5) is 15.6. The number of aryl methyl sites for hydroxylation is 1. The second kappa shape index (κ2) is 4.54. The molecule has 0 fully saturated rings. The molecule has 0 amide bonds. The molecule has 106 valence electrons. The van der Waals surface area contributed by atoms with Crippen molar-refractivity contribution >= 4 is 5.95 Å². The molecule has 20 heavy (non-hydrogen) atoms. The van der Waals surface area contributed by atoms with E-state index in [1.54, 1.807) is 0 Å². The molecule has 0 aromatic carbocycles. The van der Waals surface area contributed by atoms with Gasteiger partial charge < -0.3 is 9.42 Å². The zero-order valence-electron chi connectivity index (χ0n) is 12.3. The van der Waals surface area contributed by atoms with E-state index >= 15 is 0 Å². The van der Waals surface area contributed by atoms with Crippen LogP contribution < -0.4 is 4.90 Å². The van der Waals surface area contributed by atoms with Gasteiger partial charge in [-0.2, -0.15) is 4.98 Å². The van der Waals surface area contributed by atoms with Crippen molar-refractivity contribution < 1.29 is 4.52 Å². The Kier molecular flexibility index (Phi) is 2.96. The van der Waals surface area contributed by atoms with Crippen LogP contribution in [0.25, 0.3) is 0 Å². The average Bonchev–Trinajstić information content (AvgIpc) is 3.02. The predicted molar refractivity (Wildman–Crippen MR) is 74.3 cm³/mol. The highest BCUT2D eigenvalue weighted by molar-refractivity contribution is 5.39. The van der Waals surface area contributed by atoms with Gasteiger partial charge in [-0.25, -0.2) is 9.97 Å². The SMILES string of the molecule is CCc1nc(N2Cc3cnc(C(C)(C)C)nc3C2)no1. The van der Waals surface area contributed by atoms with E-state index in [0.29, 0.717) is 18.4 Å². The molecule has 0 saturated heterocycles. The third-order valence-electron chi connectivity index (χ3n) is 3.37. The molecule has 0 unspecified atom stereocenters. The Balaban J connectivity index is 1.85. The van der Waals surface area contributed by atoms with Gasteiger partial charge in [-0.1, -0.05) is 27.7 Å². The van der Waals surface area contributed by atoms with Crippen LogP contribution in [0.1, 0.15) is 50.7 Å². The van der Waals surface area contributed by atoms with Gasteiger partial charge in [0.2, 0.25) is 5.89 Å². The first-order valence-electron chi connectivity index (χ1n) is 6.90. The normalized spacial score (nSPS) is 14.7. The number of hydrogen-bond acceptors (Lipinski definition) is 6. The van der Waals surface area contributed by atoms with Crippen LogP contribution in [0.3, 0.4) is 0 Å². The van der Waals surface area contributed by atoms with Crippen molar-refractivity contribution in [3.05, 3.63) is 29.2 Å². The summed E-state index contributed by atoms with van der Waals surface area (Å²) in [6, 6.07) is 0. The van der Waals surface area contributed by atoms with Crippen molar-refractivity contribution in [2.75, 3.05) is 4.90 Å². The smallest absolute Gasteiger partial charge is 0.266 e. The second-order valence-electron chi connectivity index (χ2n) is 6.11. The quantitative estimate of drug-likeness (QED) is 0.836. The summed E-state index contributed by atoms with van der Waals surface area (Å²) in [6.07, 6.45) is 2.67. The van der Waals surface area contributed by atoms with Gasteiger partial charge >= 0.3 is 0 Å². The topological polar surface area (TPSA) is 67.9 Å². The first-order valence-corrected chi connectivity index (χ1v) is 6.90. The van der Waals surface area contributed by atoms with Gasteiger partial charge in [0.25, 0.3) is 5.95 Å². The summed E-state index contributed by atoms with van der Waals surface area (Å²) in [7, 11) is 0. The van der Waals surface area contributed by atoms with Gasteiger partial charge in [0.1, 0.15) is 5.82 Å². The minimum absolute atomic E-state index is 0.0377. The molecule has 2 aromatic heterocycles. The summed E-state index contributed by atoms with van der Waals surface area (Å²) >= 11 is 0. The fourth-order valence-corrected chi connectivity index (χ4v) is 2.17. The zero-order chi connectivity index (χ0) is 14.3. The lowest BCUT2D eigenvalue weighted by atomic mass is 9.95. The van der Waals surface area contributed by atoms with Crippen molar-refractivity contribution in [2.45, 2.75) is 52.6 Å². The molecule has 6 nitrogen and oxygen atoms in total. The molecular weight excluding hydrogens is 254 g/mol. The highest BCUT2D eigenvalue weighted by Crippen LogP contribution is 2.27. The molecule has 0 bridgehead atoms. The standard InChI is InChI=1S/C14H19N5O/c1-5-11-17-13(18-20-11)19-7-9-6-15-12(14(2,3)4)16-10(9)8-19/h6H,5,7-8H2,1-4H3. The maximum atomic E-state index is 5.16.